The first-order valence-corrected chi connectivity index (χ1v) is 11.1. The molecular formula is C27H25FN2O3. The van der Waals surface area contributed by atoms with Gasteiger partial charge in [-0.3, -0.25) is 14.6 Å². The second-order valence-corrected chi connectivity index (χ2v) is 8.47. The molecule has 0 radical (unpaired) electrons. The number of ketones is 1. The van der Waals surface area contributed by atoms with Crippen LogP contribution in [0, 0.1) is 5.82 Å². The minimum absolute atomic E-state index is 0.122. The normalized spacial score (nSPS) is 17.8. The Balaban J connectivity index is 1.28. The van der Waals surface area contributed by atoms with Gasteiger partial charge in [-0.15, -0.1) is 0 Å². The van der Waals surface area contributed by atoms with Crippen LogP contribution in [0.25, 0.3) is 6.08 Å². The number of fused-ring (bicyclic) bond motifs is 1. The number of rotatable bonds is 5. The van der Waals surface area contributed by atoms with E-state index in [-0.39, 0.29) is 23.1 Å². The Kier molecular flexibility index (Phi) is 5.94. The number of phenolic OH excluding ortho intramolecular Hbond substituents is 1. The van der Waals surface area contributed by atoms with Gasteiger partial charge in [0.25, 0.3) is 0 Å². The molecule has 0 bridgehead atoms. The molecule has 1 saturated heterocycles. The molecule has 6 heteroatoms. The van der Waals surface area contributed by atoms with E-state index in [1.54, 1.807) is 30.3 Å². The summed E-state index contributed by atoms with van der Waals surface area (Å²) in [7, 11) is 0. The summed E-state index contributed by atoms with van der Waals surface area (Å²) >= 11 is 0. The summed E-state index contributed by atoms with van der Waals surface area (Å²) in [6.07, 6.45) is 1.60. The van der Waals surface area contributed by atoms with Gasteiger partial charge in [0, 0.05) is 39.3 Å². The van der Waals surface area contributed by atoms with Crippen LogP contribution in [0.1, 0.15) is 27.0 Å². The van der Waals surface area contributed by atoms with Gasteiger partial charge in [-0.1, -0.05) is 42.5 Å². The number of allylic oxidation sites excluding steroid dienone is 1. The van der Waals surface area contributed by atoms with E-state index in [4.69, 9.17) is 4.74 Å². The first-order chi connectivity index (χ1) is 16.1. The maximum Gasteiger partial charge on any atom is 0.231 e. The van der Waals surface area contributed by atoms with Crippen LogP contribution in [0.15, 0.2) is 72.5 Å². The molecule has 0 aliphatic carbocycles. The number of ether oxygens (including phenoxy) is 1. The second kappa shape index (κ2) is 9.17. The third kappa shape index (κ3) is 4.67. The lowest BCUT2D eigenvalue weighted by Gasteiger charge is -2.35. The van der Waals surface area contributed by atoms with Crippen molar-refractivity contribution in [1.82, 2.24) is 9.80 Å². The van der Waals surface area contributed by atoms with Crippen LogP contribution in [-0.2, 0) is 13.1 Å². The van der Waals surface area contributed by atoms with Crippen LogP contribution in [-0.4, -0.2) is 46.9 Å². The van der Waals surface area contributed by atoms with E-state index in [0.717, 1.165) is 32.7 Å². The molecule has 5 nitrogen and oxygen atoms in total. The molecule has 2 aliphatic rings. The highest BCUT2D eigenvalue weighted by atomic mass is 19.1. The summed E-state index contributed by atoms with van der Waals surface area (Å²) < 4.78 is 19.1. The Morgan fingerprint density at radius 3 is 2.24 bits per heavy atom. The minimum atomic E-state index is -0.338. The molecule has 3 aromatic carbocycles. The number of piperazine rings is 1. The van der Waals surface area contributed by atoms with E-state index < -0.39 is 0 Å². The van der Waals surface area contributed by atoms with Crippen LogP contribution < -0.4 is 4.74 Å². The number of benzene rings is 3. The highest BCUT2D eigenvalue weighted by molar-refractivity contribution is 6.15. The summed E-state index contributed by atoms with van der Waals surface area (Å²) in [5.41, 5.74) is 3.04. The molecule has 168 valence electrons. The zero-order valence-corrected chi connectivity index (χ0v) is 18.2. The number of carbonyl (C=O) groups is 1. The Hall–Kier alpha value is -3.48. The fourth-order valence-corrected chi connectivity index (χ4v) is 4.33. The van der Waals surface area contributed by atoms with E-state index in [9.17, 15) is 14.3 Å². The predicted molar refractivity (Wildman–Crippen MR) is 124 cm³/mol. The maximum absolute atomic E-state index is 13.2. The average Bonchev–Trinajstić information content (AvgIpc) is 3.14. The molecule has 2 heterocycles. The standard InChI is InChI=1S/C27H25FN2O3/c28-21-8-6-19(7-9-21)16-25-26(32)22-10-11-24(31)23(27(22)33-25)18-30-14-12-29(13-15-30)17-20-4-2-1-3-5-20/h1-11,16,31H,12-15,17-18H2/b25-16-. The molecule has 1 fully saturated rings. The van der Waals surface area contributed by atoms with Gasteiger partial charge in [0.1, 0.15) is 17.3 Å². The van der Waals surface area contributed by atoms with Gasteiger partial charge >= 0.3 is 0 Å². The summed E-state index contributed by atoms with van der Waals surface area (Å²) in [6.45, 7) is 5.02. The van der Waals surface area contributed by atoms with Crippen LogP contribution in [0.4, 0.5) is 4.39 Å². The molecule has 0 unspecified atom stereocenters. The Labute approximate surface area is 192 Å². The Morgan fingerprint density at radius 2 is 1.55 bits per heavy atom. The number of hydrogen-bond acceptors (Lipinski definition) is 5. The van der Waals surface area contributed by atoms with Gasteiger partial charge in [-0.25, -0.2) is 4.39 Å². The van der Waals surface area contributed by atoms with Crippen LogP contribution in [0.3, 0.4) is 0 Å². The van der Waals surface area contributed by atoms with Crippen LogP contribution in [0.5, 0.6) is 11.5 Å². The van der Waals surface area contributed by atoms with Gasteiger partial charge in [0.2, 0.25) is 5.78 Å². The summed E-state index contributed by atoms with van der Waals surface area (Å²) in [6, 6.07) is 19.5. The lowest BCUT2D eigenvalue weighted by Crippen LogP contribution is -2.45. The smallest absolute Gasteiger partial charge is 0.231 e. The van der Waals surface area contributed by atoms with Crippen LogP contribution in [0.2, 0.25) is 0 Å². The highest BCUT2D eigenvalue weighted by Crippen LogP contribution is 2.40. The number of phenols is 1. The van der Waals surface area contributed by atoms with Crippen molar-refractivity contribution >= 4 is 11.9 Å². The monoisotopic (exact) mass is 444 g/mol. The Morgan fingerprint density at radius 1 is 0.879 bits per heavy atom. The first kappa shape index (κ1) is 21.4. The molecule has 2 aliphatic heterocycles. The number of aromatic hydroxyl groups is 1. The van der Waals surface area contributed by atoms with Crippen molar-refractivity contribution in [3.05, 3.63) is 101 Å². The molecule has 33 heavy (non-hydrogen) atoms. The number of carbonyl (C=O) groups excluding carboxylic acids is 1. The first-order valence-electron chi connectivity index (χ1n) is 11.1. The van der Waals surface area contributed by atoms with Gasteiger partial charge < -0.3 is 9.84 Å². The lowest BCUT2D eigenvalue weighted by atomic mass is 10.0. The molecule has 1 N–H and O–H groups in total. The fraction of sp³-hybridized carbons (Fsp3) is 0.222. The average molecular weight is 445 g/mol. The van der Waals surface area contributed by atoms with E-state index in [2.05, 4.69) is 34.1 Å². The van der Waals surface area contributed by atoms with Gasteiger partial charge in [-0.2, -0.15) is 0 Å². The van der Waals surface area contributed by atoms with E-state index in [1.807, 2.05) is 6.07 Å². The zero-order chi connectivity index (χ0) is 22.8. The van der Waals surface area contributed by atoms with E-state index >= 15 is 0 Å². The second-order valence-electron chi connectivity index (χ2n) is 8.47. The molecule has 0 aromatic heterocycles. The number of nitrogens with zero attached hydrogens (tertiary/aromatic N) is 2. The summed E-state index contributed by atoms with van der Waals surface area (Å²) in [5.74, 6) is 0.144. The molecule has 3 aromatic rings. The summed E-state index contributed by atoms with van der Waals surface area (Å²) in [4.78, 5) is 17.6. The molecule has 0 saturated carbocycles. The summed E-state index contributed by atoms with van der Waals surface area (Å²) in [5, 5.41) is 10.6. The van der Waals surface area contributed by atoms with E-state index in [0.29, 0.717) is 29.0 Å². The SMILES string of the molecule is O=C1/C(=C/c2ccc(F)cc2)Oc2c1ccc(O)c2CN1CCN(Cc2ccccc2)CC1. The Bertz CT molecular complexity index is 1180. The van der Waals surface area contributed by atoms with Crippen molar-refractivity contribution in [1.29, 1.82) is 0 Å². The highest BCUT2D eigenvalue weighted by Gasteiger charge is 2.32. The third-order valence-electron chi connectivity index (χ3n) is 6.18. The molecule has 0 atom stereocenters. The number of hydrogen-bond donors (Lipinski definition) is 1. The van der Waals surface area contributed by atoms with Crippen molar-refractivity contribution in [3.8, 4) is 11.5 Å². The number of halogens is 1. The van der Waals surface area contributed by atoms with Crippen molar-refractivity contribution in [3.63, 3.8) is 0 Å². The molecule has 0 spiro atoms. The fourth-order valence-electron chi connectivity index (χ4n) is 4.33. The van der Waals surface area contributed by atoms with Crippen molar-refractivity contribution in [2.75, 3.05) is 26.2 Å². The number of Topliss-reactive ketones (excluding diaryl/α,β-unsaturated/α-hetero) is 1. The van der Waals surface area contributed by atoms with Crippen molar-refractivity contribution in [2.45, 2.75) is 13.1 Å². The zero-order valence-electron chi connectivity index (χ0n) is 18.2. The van der Waals surface area contributed by atoms with Crippen molar-refractivity contribution in [2.24, 2.45) is 0 Å². The van der Waals surface area contributed by atoms with E-state index in [1.165, 1.54) is 17.7 Å². The largest absolute Gasteiger partial charge is 0.507 e. The third-order valence-corrected chi connectivity index (χ3v) is 6.18. The van der Waals surface area contributed by atoms with Gasteiger partial charge in [0.05, 0.1) is 11.1 Å². The topological polar surface area (TPSA) is 53.0 Å². The predicted octanol–water partition coefficient (Wildman–Crippen LogP) is 4.47. The lowest BCUT2D eigenvalue weighted by molar-refractivity contribution is 0.101. The molecule has 0 amide bonds. The van der Waals surface area contributed by atoms with Crippen LogP contribution >= 0.6 is 0 Å². The van der Waals surface area contributed by atoms with Gasteiger partial charge in [-0.05, 0) is 41.5 Å². The molecule has 5 rings (SSSR count). The molecular weight excluding hydrogens is 419 g/mol. The van der Waals surface area contributed by atoms with Crippen molar-refractivity contribution < 1.29 is 19.0 Å². The van der Waals surface area contributed by atoms with Gasteiger partial charge in [0.15, 0.2) is 5.76 Å². The minimum Gasteiger partial charge on any atom is -0.507 e. The quantitative estimate of drug-likeness (QED) is 0.589. The maximum atomic E-state index is 13.2.